The summed E-state index contributed by atoms with van der Waals surface area (Å²) < 4.78 is 28.5. The predicted octanol–water partition coefficient (Wildman–Crippen LogP) is 1.85. The fraction of sp³-hybridized carbons (Fsp3) is 1.00. The highest BCUT2D eigenvalue weighted by Gasteiger charge is 2.34. The van der Waals surface area contributed by atoms with Gasteiger partial charge in [0.25, 0.3) is 0 Å². The Kier molecular flexibility index (Phi) is 6.30. The number of ether oxygens (including phenoxy) is 1. The van der Waals surface area contributed by atoms with Gasteiger partial charge in [0, 0.05) is 13.7 Å². The number of hydrogen-bond acceptors (Lipinski definition) is 4. The Morgan fingerprint density at radius 2 is 2.00 bits per heavy atom. The summed E-state index contributed by atoms with van der Waals surface area (Å²) in [6.45, 7) is 2.52. The van der Waals surface area contributed by atoms with Crippen molar-refractivity contribution in [1.82, 2.24) is 5.32 Å². The third-order valence-electron chi connectivity index (χ3n) is 4.93. The van der Waals surface area contributed by atoms with E-state index in [1.165, 1.54) is 32.1 Å². The number of nitrogens with one attached hydrogen (secondary N) is 1. The van der Waals surface area contributed by atoms with E-state index in [0.29, 0.717) is 23.3 Å². The Bertz CT molecular complexity index is 377. The Morgan fingerprint density at radius 1 is 1.25 bits per heavy atom. The molecule has 2 atom stereocenters. The molecule has 4 nitrogen and oxygen atoms in total. The van der Waals surface area contributed by atoms with Crippen molar-refractivity contribution in [3.63, 3.8) is 0 Å². The van der Waals surface area contributed by atoms with Gasteiger partial charge >= 0.3 is 0 Å². The molecular weight excluding hydrogens is 274 g/mol. The van der Waals surface area contributed by atoms with Gasteiger partial charge in [-0.15, -0.1) is 0 Å². The zero-order valence-corrected chi connectivity index (χ0v) is 13.5. The van der Waals surface area contributed by atoms with Gasteiger partial charge < -0.3 is 10.1 Å². The first-order valence-corrected chi connectivity index (χ1v) is 9.83. The molecule has 1 N–H and O–H groups in total. The standard InChI is InChI=1S/C15H29NO3S/c1-19-8-7-16-11-15(10-13-4-2-3-5-13)14-6-9-20(17,18)12-14/h13-16H,2-12H2,1H3. The van der Waals surface area contributed by atoms with Gasteiger partial charge in [-0.2, -0.15) is 0 Å². The summed E-state index contributed by atoms with van der Waals surface area (Å²) in [5, 5.41) is 3.44. The van der Waals surface area contributed by atoms with Crippen LogP contribution in [0.2, 0.25) is 0 Å². The highest BCUT2D eigenvalue weighted by molar-refractivity contribution is 7.91. The predicted molar refractivity (Wildman–Crippen MR) is 81.6 cm³/mol. The molecule has 2 aliphatic rings. The summed E-state index contributed by atoms with van der Waals surface area (Å²) in [5.74, 6) is 2.53. The number of sulfone groups is 1. The second kappa shape index (κ2) is 7.76. The van der Waals surface area contributed by atoms with Crippen LogP contribution in [-0.4, -0.2) is 46.7 Å². The maximum absolute atomic E-state index is 11.7. The molecule has 1 aliphatic carbocycles. The molecule has 0 spiro atoms. The van der Waals surface area contributed by atoms with Crippen molar-refractivity contribution in [2.24, 2.45) is 17.8 Å². The first kappa shape index (κ1) is 16.2. The van der Waals surface area contributed by atoms with Gasteiger partial charge in [0.15, 0.2) is 9.84 Å². The quantitative estimate of drug-likeness (QED) is 0.695. The van der Waals surface area contributed by atoms with E-state index in [2.05, 4.69) is 5.32 Å². The molecule has 118 valence electrons. The monoisotopic (exact) mass is 303 g/mol. The third-order valence-corrected chi connectivity index (χ3v) is 6.73. The maximum Gasteiger partial charge on any atom is 0.150 e. The van der Waals surface area contributed by atoms with Crippen LogP contribution in [0.4, 0.5) is 0 Å². The highest BCUT2D eigenvalue weighted by Crippen LogP contribution is 2.35. The fourth-order valence-electron chi connectivity index (χ4n) is 3.77. The van der Waals surface area contributed by atoms with E-state index in [1.807, 2.05) is 0 Å². The second-order valence-corrected chi connectivity index (χ2v) is 8.74. The van der Waals surface area contributed by atoms with E-state index >= 15 is 0 Å². The summed E-state index contributed by atoms with van der Waals surface area (Å²) >= 11 is 0. The molecule has 1 saturated carbocycles. The topological polar surface area (TPSA) is 55.4 Å². The van der Waals surface area contributed by atoms with Gasteiger partial charge in [0.05, 0.1) is 18.1 Å². The maximum atomic E-state index is 11.7. The first-order valence-electron chi connectivity index (χ1n) is 8.01. The van der Waals surface area contributed by atoms with Crippen LogP contribution in [0.5, 0.6) is 0 Å². The molecule has 1 aliphatic heterocycles. The van der Waals surface area contributed by atoms with E-state index in [-0.39, 0.29) is 0 Å². The van der Waals surface area contributed by atoms with Crippen molar-refractivity contribution in [3.8, 4) is 0 Å². The van der Waals surface area contributed by atoms with Gasteiger partial charge in [-0.1, -0.05) is 25.7 Å². The van der Waals surface area contributed by atoms with Crippen LogP contribution in [0.15, 0.2) is 0 Å². The lowest BCUT2D eigenvalue weighted by Crippen LogP contribution is -2.32. The summed E-state index contributed by atoms with van der Waals surface area (Å²) in [7, 11) is -1.05. The SMILES string of the molecule is COCCNCC(CC1CCCC1)C1CCS(=O)(=O)C1. The summed E-state index contributed by atoms with van der Waals surface area (Å²) in [6, 6.07) is 0. The molecular formula is C15H29NO3S. The molecule has 0 amide bonds. The van der Waals surface area contributed by atoms with Crippen molar-refractivity contribution in [2.75, 3.05) is 38.3 Å². The zero-order valence-electron chi connectivity index (χ0n) is 12.6. The lowest BCUT2D eigenvalue weighted by Gasteiger charge is -2.26. The fourth-order valence-corrected chi connectivity index (χ4v) is 5.69. The number of methoxy groups -OCH3 is 1. The van der Waals surface area contributed by atoms with Crippen molar-refractivity contribution in [1.29, 1.82) is 0 Å². The van der Waals surface area contributed by atoms with Crippen molar-refractivity contribution in [3.05, 3.63) is 0 Å². The number of rotatable bonds is 8. The minimum Gasteiger partial charge on any atom is -0.383 e. The molecule has 5 heteroatoms. The van der Waals surface area contributed by atoms with Gasteiger partial charge in [-0.25, -0.2) is 8.42 Å². The molecule has 2 unspecified atom stereocenters. The lowest BCUT2D eigenvalue weighted by molar-refractivity contribution is 0.193. The highest BCUT2D eigenvalue weighted by atomic mass is 32.2. The smallest absolute Gasteiger partial charge is 0.150 e. The van der Waals surface area contributed by atoms with Crippen molar-refractivity contribution >= 4 is 9.84 Å². The average Bonchev–Trinajstić information content (AvgIpc) is 3.02. The average molecular weight is 303 g/mol. The van der Waals surface area contributed by atoms with Crippen LogP contribution in [0.3, 0.4) is 0 Å². The molecule has 0 aromatic carbocycles. The Labute approximate surface area is 123 Å². The van der Waals surface area contributed by atoms with E-state index in [1.54, 1.807) is 7.11 Å². The van der Waals surface area contributed by atoms with E-state index < -0.39 is 9.84 Å². The molecule has 0 radical (unpaired) electrons. The molecule has 2 fully saturated rings. The largest absolute Gasteiger partial charge is 0.383 e. The molecule has 1 heterocycles. The number of hydrogen-bond donors (Lipinski definition) is 1. The minimum atomic E-state index is -2.76. The van der Waals surface area contributed by atoms with Crippen LogP contribution in [0.25, 0.3) is 0 Å². The minimum absolute atomic E-state index is 0.371. The Morgan fingerprint density at radius 3 is 2.60 bits per heavy atom. The molecule has 2 rings (SSSR count). The Hall–Kier alpha value is -0.130. The van der Waals surface area contributed by atoms with Gasteiger partial charge in [0.1, 0.15) is 0 Å². The van der Waals surface area contributed by atoms with Crippen molar-refractivity contribution in [2.45, 2.75) is 38.5 Å². The van der Waals surface area contributed by atoms with Crippen molar-refractivity contribution < 1.29 is 13.2 Å². The Balaban J connectivity index is 1.85. The van der Waals surface area contributed by atoms with Crippen LogP contribution in [-0.2, 0) is 14.6 Å². The van der Waals surface area contributed by atoms with E-state index in [4.69, 9.17) is 4.74 Å². The van der Waals surface area contributed by atoms with Crippen LogP contribution in [0, 0.1) is 17.8 Å². The molecule has 0 aromatic rings. The summed E-state index contributed by atoms with van der Waals surface area (Å²) in [6.07, 6.45) is 7.48. The normalized spacial score (nSPS) is 27.9. The van der Waals surface area contributed by atoms with Gasteiger partial charge in [0.2, 0.25) is 0 Å². The van der Waals surface area contributed by atoms with Gasteiger partial charge in [-0.05, 0) is 37.1 Å². The second-order valence-electron chi connectivity index (χ2n) is 6.51. The van der Waals surface area contributed by atoms with E-state index in [0.717, 1.165) is 32.0 Å². The van der Waals surface area contributed by atoms with Crippen LogP contribution >= 0.6 is 0 Å². The first-order chi connectivity index (χ1) is 9.61. The molecule has 20 heavy (non-hydrogen) atoms. The van der Waals surface area contributed by atoms with Crippen LogP contribution < -0.4 is 5.32 Å². The third kappa shape index (κ3) is 5.01. The molecule has 1 saturated heterocycles. The molecule has 0 aromatic heterocycles. The zero-order chi connectivity index (χ0) is 14.4. The van der Waals surface area contributed by atoms with E-state index in [9.17, 15) is 8.42 Å². The lowest BCUT2D eigenvalue weighted by atomic mass is 9.83. The van der Waals surface area contributed by atoms with Gasteiger partial charge in [-0.3, -0.25) is 0 Å². The summed E-state index contributed by atoms with van der Waals surface area (Å²) in [4.78, 5) is 0. The summed E-state index contributed by atoms with van der Waals surface area (Å²) in [5.41, 5.74) is 0. The van der Waals surface area contributed by atoms with Crippen LogP contribution in [0.1, 0.15) is 38.5 Å². The molecule has 0 bridgehead atoms.